The van der Waals surface area contributed by atoms with Crippen molar-refractivity contribution in [1.82, 2.24) is 10.2 Å². The van der Waals surface area contributed by atoms with Gasteiger partial charge in [0.1, 0.15) is 0 Å². The third kappa shape index (κ3) is 3.20. The summed E-state index contributed by atoms with van der Waals surface area (Å²) >= 11 is 0. The Bertz CT molecular complexity index is 223. The van der Waals surface area contributed by atoms with Gasteiger partial charge < -0.3 is 5.32 Å². The van der Waals surface area contributed by atoms with E-state index in [1.54, 1.807) is 0 Å². The molecule has 3 heteroatoms. The molecule has 0 aromatic rings. The summed E-state index contributed by atoms with van der Waals surface area (Å²) in [6, 6.07) is 0.248. The first kappa shape index (κ1) is 12.5. The monoisotopic (exact) mass is 212 g/mol. The number of amides is 1. The molecular formula is C12H24N2O. The second-order valence-electron chi connectivity index (χ2n) is 6.54. The van der Waals surface area contributed by atoms with E-state index in [1.807, 2.05) is 0 Å². The van der Waals surface area contributed by atoms with Gasteiger partial charge in [-0.1, -0.05) is 20.8 Å². The maximum Gasteiger partial charge on any atom is 0.234 e. The molecule has 1 rings (SSSR count). The Labute approximate surface area is 93.2 Å². The minimum Gasteiger partial charge on any atom is -0.350 e. The van der Waals surface area contributed by atoms with Crippen LogP contribution in [0.5, 0.6) is 0 Å². The highest BCUT2D eigenvalue weighted by Crippen LogP contribution is 2.25. The van der Waals surface area contributed by atoms with Crippen LogP contribution in [-0.2, 0) is 4.79 Å². The predicted molar refractivity (Wildman–Crippen MR) is 62.7 cm³/mol. The van der Waals surface area contributed by atoms with Crippen molar-refractivity contribution in [3.8, 4) is 0 Å². The SMILES string of the molecule is CC(C)(C)C1CN(C(C)(C)C)CC(=O)N1. The molecule has 0 saturated carbocycles. The highest BCUT2D eigenvalue weighted by molar-refractivity contribution is 5.79. The highest BCUT2D eigenvalue weighted by Gasteiger charge is 2.36. The van der Waals surface area contributed by atoms with Crippen LogP contribution in [0.25, 0.3) is 0 Å². The second kappa shape index (κ2) is 3.78. The summed E-state index contributed by atoms with van der Waals surface area (Å²) in [4.78, 5) is 13.9. The average Bonchev–Trinajstić information content (AvgIpc) is 1.99. The molecule has 1 N–H and O–H groups in total. The molecule has 0 bridgehead atoms. The lowest BCUT2D eigenvalue weighted by Crippen LogP contribution is -2.62. The second-order valence-corrected chi connectivity index (χ2v) is 6.54. The Hall–Kier alpha value is -0.570. The highest BCUT2D eigenvalue weighted by atomic mass is 16.2. The minimum absolute atomic E-state index is 0.0707. The molecule has 0 aromatic carbocycles. The van der Waals surface area contributed by atoms with Gasteiger partial charge in [0.2, 0.25) is 5.91 Å². The summed E-state index contributed by atoms with van der Waals surface area (Å²) in [7, 11) is 0. The fraction of sp³-hybridized carbons (Fsp3) is 0.917. The van der Waals surface area contributed by atoms with Crippen molar-refractivity contribution < 1.29 is 4.79 Å². The zero-order valence-electron chi connectivity index (χ0n) is 10.8. The largest absolute Gasteiger partial charge is 0.350 e. The summed E-state index contributed by atoms with van der Waals surface area (Å²) in [5.74, 6) is 0.149. The van der Waals surface area contributed by atoms with Gasteiger partial charge in [0.15, 0.2) is 0 Å². The topological polar surface area (TPSA) is 32.3 Å². The molecule has 1 aliphatic rings. The zero-order chi connectivity index (χ0) is 11.9. The van der Waals surface area contributed by atoms with Gasteiger partial charge in [-0.15, -0.1) is 0 Å². The molecule has 1 unspecified atom stereocenters. The van der Waals surface area contributed by atoms with E-state index in [-0.39, 0.29) is 22.9 Å². The number of carbonyl (C=O) groups is 1. The smallest absolute Gasteiger partial charge is 0.234 e. The fourth-order valence-corrected chi connectivity index (χ4v) is 1.75. The molecule has 1 amide bonds. The van der Waals surface area contributed by atoms with Gasteiger partial charge in [0, 0.05) is 18.1 Å². The normalized spacial score (nSPS) is 25.2. The van der Waals surface area contributed by atoms with Crippen molar-refractivity contribution in [2.24, 2.45) is 5.41 Å². The Kier molecular flexibility index (Phi) is 3.15. The van der Waals surface area contributed by atoms with Crippen LogP contribution in [-0.4, -0.2) is 35.5 Å². The van der Waals surface area contributed by atoms with E-state index in [0.717, 1.165) is 6.54 Å². The lowest BCUT2D eigenvalue weighted by atomic mass is 9.84. The lowest BCUT2D eigenvalue weighted by Gasteiger charge is -2.45. The predicted octanol–water partition coefficient (Wildman–Crippen LogP) is 1.63. The van der Waals surface area contributed by atoms with Crippen LogP contribution in [0.1, 0.15) is 41.5 Å². The molecule has 15 heavy (non-hydrogen) atoms. The molecule has 0 radical (unpaired) electrons. The molecule has 1 heterocycles. The molecule has 1 atom stereocenters. The standard InChI is InChI=1S/C12H24N2O/c1-11(2,3)9-7-14(12(4,5)6)8-10(15)13-9/h9H,7-8H2,1-6H3,(H,13,15). The van der Waals surface area contributed by atoms with Crippen molar-refractivity contribution in [1.29, 1.82) is 0 Å². The third-order valence-electron chi connectivity index (χ3n) is 3.07. The van der Waals surface area contributed by atoms with Gasteiger partial charge in [-0.25, -0.2) is 0 Å². The summed E-state index contributed by atoms with van der Waals surface area (Å²) < 4.78 is 0. The molecule has 1 aliphatic heterocycles. The van der Waals surface area contributed by atoms with Crippen LogP contribution in [0.2, 0.25) is 0 Å². The Morgan fingerprint density at radius 1 is 1.20 bits per heavy atom. The van der Waals surface area contributed by atoms with Gasteiger partial charge >= 0.3 is 0 Å². The molecule has 0 aromatic heterocycles. The maximum atomic E-state index is 11.6. The molecule has 1 fully saturated rings. The number of nitrogens with one attached hydrogen (secondary N) is 1. The van der Waals surface area contributed by atoms with Crippen molar-refractivity contribution in [2.75, 3.05) is 13.1 Å². The lowest BCUT2D eigenvalue weighted by molar-refractivity contribution is -0.129. The quantitative estimate of drug-likeness (QED) is 0.662. The van der Waals surface area contributed by atoms with E-state index in [2.05, 4.69) is 51.8 Å². The first-order valence-corrected chi connectivity index (χ1v) is 5.65. The van der Waals surface area contributed by atoms with E-state index >= 15 is 0 Å². The molecule has 88 valence electrons. The number of carbonyl (C=O) groups excluding carboxylic acids is 1. The van der Waals surface area contributed by atoms with Gasteiger partial charge in [-0.2, -0.15) is 0 Å². The van der Waals surface area contributed by atoms with Gasteiger partial charge in [-0.05, 0) is 26.2 Å². The zero-order valence-corrected chi connectivity index (χ0v) is 10.8. The summed E-state index contributed by atoms with van der Waals surface area (Å²) in [6.07, 6.45) is 0. The number of hydrogen-bond acceptors (Lipinski definition) is 2. The number of rotatable bonds is 0. The van der Waals surface area contributed by atoms with Gasteiger partial charge in [0.05, 0.1) is 6.54 Å². The molecule has 1 saturated heterocycles. The minimum atomic E-state index is 0.0707. The molecule has 0 spiro atoms. The number of nitrogens with zero attached hydrogens (tertiary/aromatic N) is 1. The van der Waals surface area contributed by atoms with E-state index < -0.39 is 0 Å². The average molecular weight is 212 g/mol. The molecule has 0 aliphatic carbocycles. The van der Waals surface area contributed by atoms with Crippen LogP contribution in [0, 0.1) is 5.41 Å². The Morgan fingerprint density at radius 2 is 1.73 bits per heavy atom. The Balaban J connectivity index is 2.77. The van der Waals surface area contributed by atoms with Crippen LogP contribution >= 0.6 is 0 Å². The summed E-state index contributed by atoms with van der Waals surface area (Å²) in [5, 5.41) is 3.08. The van der Waals surface area contributed by atoms with Gasteiger partial charge in [0.25, 0.3) is 0 Å². The van der Waals surface area contributed by atoms with E-state index in [4.69, 9.17) is 0 Å². The van der Waals surface area contributed by atoms with Crippen LogP contribution < -0.4 is 5.32 Å². The van der Waals surface area contributed by atoms with Crippen LogP contribution in [0.4, 0.5) is 0 Å². The number of piperazine rings is 1. The van der Waals surface area contributed by atoms with E-state index in [0.29, 0.717) is 6.54 Å². The Morgan fingerprint density at radius 3 is 2.13 bits per heavy atom. The van der Waals surface area contributed by atoms with E-state index in [9.17, 15) is 4.79 Å². The van der Waals surface area contributed by atoms with Crippen molar-refractivity contribution in [2.45, 2.75) is 53.1 Å². The van der Waals surface area contributed by atoms with Crippen LogP contribution in [0.15, 0.2) is 0 Å². The summed E-state index contributed by atoms with van der Waals surface area (Å²) in [5.41, 5.74) is 0.195. The van der Waals surface area contributed by atoms with E-state index in [1.165, 1.54) is 0 Å². The third-order valence-corrected chi connectivity index (χ3v) is 3.07. The summed E-state index contributed by atoms with van der Waals surface area (Å²) in [6.45, 7) is 14.5. The van der Waals surface area contributed by atoms with Crippen molar-refractivity contribution in [3.63, 3.8) is 0 Å². The molecular weight excluding hydrogens is 188 g/mol. The van der Waals surface area contributed by atoms with Gasteiger partial charge in [-0.3, -0.25) is 9.69 Å². The van der Waals surface area contributed by atoms with Crippen molar-refractivity contribution in [3.05, 3.63) is 0 Å². The fourth-order valence-electron chi connectivity index (χ4n) is 1.75. The van der Waals surface area contributed by atoms with Crippen molar-refractivity contribution >= 4 is 5.91 Å². The first-order chi connectivity index (χ1) is 6.60. The number of hydrogen-bond donors (Lipinski definition) is 1. The van der Waals surface area contributed by atoms with Crippen LogP contribution in [0.3, 0.4) is 0 Å². The molecule has 3 nitrogen and oxygen atoms in total. The first-order valence-electron chi connectivity index (χ1n) is 5.65. The maximum absolute atomic E-state index is 11.6.